The average molecular weight is 354 g/mol. The summed E-state index contributed by atoms with van der Waals surface area (Å²) in [5, 5.41) is 0.105. The van der Waals surface area contributed by atoms with Crippen LogP contribution in [0.3, 0.4) is 0 Å². The van der Waals surface area contributed by atoms with Gasteiger partial charge in [0.25, 0.3) is 10.0 Å². The summed E-state index contributed by atoms with van der Waals surface area (Å²) in [6.07, 6.45) is 7.59. The van der Waals surface area contributed by atoms with Crippen LogP contribution in [0.25, 0.3) is 0 Å². The summed E-state index contributed by atoms with van der Waals surface area (Å²) in [6.45, 7) is 1.77. The van der Waals surface area contributed by atoms with Crippen molar-refractivity contribution in [2.45, 2.75) is 37.1 Å². The second kappa shape index (κ2) is 6.84. The van der Waals surface area contributed by atoms with Crippen molar-refractivity contribution in [1.29, 1.82) is 0 Å². The molecule has 1 aromatic heterocycles. The van der Waals surface area contributed by atoms with Gasteiger partial charge in [0.05, 0.1) is 6.33 Å². The fraction of sp³-hybridized carbons (Fsp3) is 0.750. The van der Waals surface area contributed by atoms with Gasteiger partial charge in [-0.2, -0.15) is 4.31 Å². The van der Waals surface area contributed by atoms with Crippen molar-refractivity contribution in [3.05, 3.63) is 12.5 Å². The van der Waals surface area contributed by atoms with Gasteiger partial charge in [-0.25, -0.2) is 13.4 Å². The summed E-state index contributed by atoms with van der Waals surface area (Å²) in [5.74, 6) is 0.573. The van der Waals surface area contributed by atoms with E-state index in [1.54, 1.807) is 11.6 Å². The highest BCUT2D eigenvalue weighted by Crippen LogP contribution is 2.33. The molecule has 0 saturated carbocycles. The lowest BCUT2D eigenvalue weighted by Crippen LogP contribution is -2.43. The number of carbonyl (C=O) groups is 1. The van der Waals surface area contributed by atoms with Gasteiger partial charge in [-0.1, -0.05) is 6.42 Å². The zero-order valence-electron chi connectivity index (χ0n) is 14.4. The third-order valence-electron chi connectivity index (χ3n) is 5.31. The van der Waals surface area contributed by atoms with Crippen LogP contribution in [0.5, 0.6) is 0 Å². The largest absolute Gasteiger partial charge is 0.346 e. The van der Waals surface area contributed by atoms with Gasteiger partial charge in [0.1, 0.15) is 0 Å². The molecule has 3 rings (SSSR count). The number of imidazole rings is 1. The molecule has 0 N–H and O–H groups in total. The predicted molar refractivity (Wildman–Crippen MR) is 89.7 cm³/mol. The van der Waals surface area contributed by atoms with Crippen LogP contribution in [-0.4, -0.2) is 59.8 Å². The Balaban J connectivity index is 1.66. The molecule has 1 amide bonds. The summed E-state index contributed by atoms with van der Waals surface area (Å²) in [4.78, 5) is 18.3. The molecule has 134 valence electrons. The van der Waals surface area contributed by atoms with Gasteiger partial charge in [-0.05, 0) is 31.6 Å². The quantitative estimate of drug-likeness (QED) is 0.814. The minimum absolute atomic E-state index is 0.0530. The van der Waals surface area contributed by atoms with E-state index in [9.17, 15) is 13.2 Å². The summed E-state index contributed by atoms with van der Waals surface area (Å²) in [7, 11) is 0.112. The number of rotatable bonds is 3. The van der Waals surface area contributed by atoms with Gasteiger partial charge >= 0.3 is 0 Å². The molecular formula is C16H26N4O3S. The number of piperidine rings is 1. The second-order valence-electron chi connectivity index (χ2n) is 6.98. The van der Waals surface area contributed by atoms with Crippen molar-refractivity contribution in [3.8, 4) is 0 Å². The monoisotopic (exact) mass is 354 g/mol. The van der Waals surface area contributed by atoms with E-state index in [-0.39, 0.29) is 22.8 Å². The lowest BCUT2D eigenvalue weighted by atomic mass is 9.81. The van der Waals surface area contributed by atoms with Crippen LogP contribution in [0.2, 0.25) is 0 Å². The van der Waals surface area contributed by atoms with Gasteiger partial charge in [0.2, 0.25) is 5.91 Å². The lowest BCUT2D eigenvalue weighted by Gasteiger charge is -2.35. The zero-order chi connectivity index (χ0) is 17.3. The molecule has 0 unspecified atom stereocenters. The molecule has 2 aliphatic rings. The minimum atomic E-state index is -3.52. The average Bonchev–Trinajstić information content (AvgIpc) is 2.94. The van der Waals surface area contributed by atoms with Crippen molar-refractivity contribution < 1.29 is 13.2 Å². The van der Waals surface area contributed by atoms with Crippen LogP contribution in [0.4, 0.5) is 0 Å². The molecule has 7 nitrogen and oxygen atoms in total. The number of amides is 1. The molecule has 0 aliphatic carbocycles. The predicted octanol–water partition coefficient (Wildman–Crippen LogP) is 1.08. The Kier molecular flexibility index (Phi) is 4.96. The second-order valence-corrected chi connectivity index (χ2v) is 8.87. The highest BCUT2D eigenvalue weighted by atomic mass is 32.2. The molecular weight excluding hydrogens is 328 g/mol. The van der Waals surface area contributed by atoms with E-state index in [2.05, 4.69) is 4.98 Å². The van der Waals surface area contributed by atoms with Gasteiger partial charge < -0.3 is 9.47 Å². The summed E-state index contributed by atoms with van der Waals surface area (Å²) in [5.41, 5.74) is 0. The van der Waals surface area contributed by atoms with Crippen LogP contribution in [0.15, 0.2) is 17.6 Å². The molecule has 24 heavy (non-hydrogen) atoms. The molecule has 1 atom stereocenters. The van der Waals surface area contributed by atoms with E-state index in [4.69, 9.17) is 0 Å². The maximum absolute atomic E-state index is 12.6. The first-order chi connectivity index (χ1) is 11.4. The van der Waals surface area contributed by atoms with E-state index in [1.807, 2.05) is 11.9 Å². The van der Waals surface area contributed by atoms with Gasteiger partial charge in [0, 0.05) is 45.8 Å². The van der Waals surface area contributed by atoms with Crippen molar-refractivity contribution in [1.82, 2.24) is 18.8 Å². The van der Waals surface area contributed by atoms with Gasteiger partial charge in [-0.15, -0.1) is 0 Å². The molecule has 3 heterocycles. The number of nitrogens with zero attached hydrogens (tertiary/aromatic N) is 4. The Bertz CT molecular complexity index is 692. The van der Waals surface area contributed by atoms with Crippen molar-refractivity contribution in [2.75, 3.05) is 26.7 Å². The summed E-state index contributed by atoms with van der Waals surface area (Å²) >= 11 is 0. The molecule has 2 saturated heterocycles. The highest BCUT2D eigenvalue weighted by Gasteiger charge is 2.37. The number of sulfonamides is 1. The Morgan fingerprint density at radius 1 is 1.08 bits per heavy atom. The number of hydrogen-bond donors (Lipinski definition) is 0. The molecule has 0 aromatic carbocycles. The van der Waals surface area contributed by atoms with E-state index in [1.165, 1.54) is 16.8 Å². The maximum atomic E-state index is 12.6. The molecule has 0 spiro atoms. The number of likely N-dealkylation sites (tertiary alicyclic amines) is 1. The number of carbonyl (C=O) groups excluding carboxylic acids is 1. The van der Waals surface area contributed by atoms with Crippen LogP contribution < -0.4 is 0 Å². The smallest absolute Gasteiger partial charge is 0.262 e. The Hall–Kier alpha value is -1.41. The fourth-order valence-electron chi connectivity index (χ4n) is 3.84. The molecule has 0 radical (unpaired) electrons. The van der Waals surface area contributed by atoms with Gasteiger partial charge in [-0.3, -0.25) is 4.79 Å². The number of aryl methyl sites for hydroxylation is 1. The topological polar surface area (TPSA) is 75.5 Å². The van der Waals surface area contributed by atoms with Crippen LogP contribution in [0.1, 0.15) is 32.1 Å². The third-order valence-corrected chi connectivity index (χ3v) is 7.09. The van der Waals surface area contributed by atoms with E-state index >= 15 is 0 Å². The maximum Gasteiger partial charge on any atom is 0.262 e. The highest BCUT2D eigenvalue weighted by molar-refractivity contribution is 7.89. The third kappa shape index (κ3) is 3.35. The summed E-state index contributed by atoms with van der Waals surface area (Å²) in [6, 6.07) is 0. The molecule has 8 heteroatoms. The molecule has 2 fully saturated rings. The Morgan fingerprint density at radius 3 is 2.42 bits per heavy atom. The number of aromatic nitrogens is 2. The Labute approximate surface area is 143 Å². The Morgan fingerprint density at radius 2 is 1.79 bits per heavy atom. The first kappa shape index (κ1) is 17.4. The fourth-order valence-corrected chi connectivity index (χ4v) is 5.28. The van der Waals surface area contributed by atoms with E-state index in [0.29, 0.717) is 13.1 Å². The summed E-state index contributed by atoms with van der Waals surface area (Å²) < 4.78 is 28.4. The van der Waals surface area contributed by atoms with Crippen molar-refractivity contribution >= 4 is 15.9 Å². The standard InChI is InChI=1S/C16H26N4O3S/c1-18-11-15(17-12-18)24(22,23)20-9-6-13(7-10-20)14-5-3-4-8-19(2)16(14)21/h11-14H,3-10H2,1-2H3/t14-/m0/s1. The van der Waals surface area contributed by atoms with E-state index in [0.717, 1.165) is 38.6 Å². The van der Waals surface area contributed by atoms with Gasteiger partial charge in [0.15, 0.2) is 5.03 Å². The minimum Gasteiger partial charge on any atom is -0.346 e. The van der Waals surface area contributed by atoms with Crippen molar-refractivity contribution in [2.24, 2.45) is 18.9 Å². The van der Waals surface area contributed by atoms with Crippen LogP contribution in [-0.2, 0) is 21.9 Å². The first-order valence-corrected chi connectivity index (χ1v) is 10.1. The lowest BCUT2D eigenvalue weighted by molar-refractivity contribution is -0.135. The normalized spacial score (nSPS) is 25.0. The van der Waals surface area contributed by atoms with E-state index < -0.39 is 10.0 Å². The first-order valence-electron chi connectivity index (χ1n) is 8.62. The number of hydrogen-bond acceptors (Lipinski definition) is 4. The SMILES string of the molecule is CN1CCCC[C@@H](C2CCN(S(=O)(=O)c3cn(C)cn3)CC2)C1=O. The molecule has 0 bridgehead atoms. The van der Waals surface area contributed by atoms with Crippen molar-refractivity contribution in [3.63, 3.8) is 0 Å². The van der Waals surface area contributed by atoms with Crippen LogP contribution in [0, 0.1) is 11.8 Å². The zero-order valence-corrected chi connectivity index (χ0v) is 15.2. The molecule has 1 aromatic rings. The van der Waals surface area contributed by atoms with Crippen LogP contribution >= 0.6 is 0 Å². The molecule has 2 aliphatic heterocycles.